The van der Waals surface area contributed by atoms with E-state index in [1.807, 2.05) is 0 Å². The molecule has 0 saturated carbocycles. The van der Waals surface area contributed by atoms with Gasteiger partial charge in [0.25, 0.3) is 0 Å². The quantitative estimate of drug-likeness (QED) is 0.766. The third kappa shape index (κ3) is 3.14. The van der Waals surface area contributed by atoms with Crippen LogP contribution in [0.15, 0.2) is 24.3 Å². The summed E-state index contributed by atoms with van der Waals surface area (Å²) in [6.07, 6.45) is 0. The molecule has 1 aromatic rings. The van der Waals surface area contributed by atoms with Gasteiger partial charge in [-0.2, -0.15) is 0 Å². The van der Waals surface area contributed by atoms with Crippen molar-refractivity contribution in [1.82, 2.24) is 5.32 Å². The first-order valence-corrected chi connectivity index (χ1v) is 4.30. The molecule has 0 radical (unpaired) electrons. The molecule has 3 nitrogen and oxygen atoms in total. The molecule has 0 aliphatic rings. The fraction of sp³-hybridized carbons (Fsp3) is 0.300. The number of benzene rings is 1. The molecule has 76 valence electrons. The Balaban J connectivity index is 2.49. The van der Waals surface area contributed by atoms with Crippen LogP contribution in [-0.2, 0) is 11.3 Å². The Bertz CT molecular complexity index is 328. The molecule has 2 N–H and O–H groups in total. The molecule has 0 aliphatic carbocycles. The molecule has 4 heteroatoms. The first-order chi connectivity index (χ1) is 6.59. The lowest BCUT2D eigenvalue weighted by atomic mass is 10.2. The minimum Gasteiger partial charge on any atom is -0.480 e. The predicted molar refractivity (Wildman–Crippen MR) is 50.3 cm³/mol. The molecule has 0 aliphatic heterocycles. The molecule has 14 heavy (non-hydrogen) atoms. The average molecular weight is 197 g/mol. The normalized spacial score (nSPS) is 12.4. The molecule has 1 rings (SSSR count). The lowest BCUT2D eigenvalue weighted by molar-refractivity contribution is -0.139. The van der Waals surface area contributed by atoms with Gasteiger partial charge in [0, 0.05) is 6.54 Å². The zero-order valence-electron chi connectivity index (χ0n) is 7.83. The molecule has 0 amide bonds. The summed E-state index contributed by atoms with van der Waals surface area (Å²) in [4.78, 5) is 10.5. The maximum absolute atomic E-state index is 12.7. The van der Waals surface area contributed by atoms with Crippen LogP contribution in [0.4, 0.5) is 4.39 Å². The van der Waals surface area contributed by atoms with E-state index in [-0.39, 0.29) is 5.82 Å². The van der Waals surface area contributed by atoms with Crippen molar-refractivity contribution < 1.29 is 14.3 Å². The SMILES string of the molecule is C[C@@H](NCc1cccc(F)c1)C(=O)O. The maximum Gasteiger partial charge on any atom is 0.320 e. The Morgan fingerprint density at radius 3 is 2.93 bits per heavy atom. The number of carboxylic acid groups (broad SMARTS) is 1. The first kappa shape index (κ1) is 10.7. The van der Waals surface area contributed by atoms with E-state index in [0.717, 1.165) is 5.56 Å². The van der Waals surface area contributed by atoms with Crippen molar-refractivity contribution in [2.45, 2.75) is 19.5 Å². The monoisotopic (exact) mass is 197 g/mol. The number of hydrogen-bond acceptors (Lipinski definition) is 2. The van der Waals surface area contributed by atoms with Gasteiger partial charge in [0.15, 0.2) is 0 Å². The molecule has 0 saturated heterocycles. The molecular formula is C10H12FNO2. The minimum atomic E-state index is -0.915. The number of aliphatic carboxylic acids is 1. The third-order valence-corrected chi connectivity index (χ3v) is 1.87. The highest BCUT2D eigenvalue weighted by Crippen LogP contribution is 2.03. The Morgan fingerprint density at radius 2 is 2.36 bits per heavy atom. The topological polar surface area (TPSA) is 49.3 Å². The fourth-order valence-electron chi connectivity index (χ4n) is 1.01. The molecule has 0 spiro atoms. The molecule has 1 atom stereocenters. The van der Waals surface area contributed by atoms with Gasteiger partial charge in [-0.1, -0.05) is 12.1 Å². The number of nitrogens with one attached hydrogen (secondary N) is 1. The van der Waals surface area contributed by atoms with Gasteiger partial charge in [0.1, 0.15) is 11.9 Å². The Hall–Kier alpha value is -1.42. The summed E-state index contributed by atoms with van der Waals surface area (Å²) in [5.41, 5.74) is 0.734. The summed E-state index contributed by atoms with van der Waals surface area (Å²) >= 11 is 0. The zero-order chi connectivity index (χ0) is 10.6. The Morgan fingerprint density at radius 1 is 1.64 bits per heavy atom. The second-order valence-corrected chi connectivity index (χ2v) is 3.07. The van der Waals surface area contributed by atoms with Gasteiger partial charge >= 0.3 is 5.97 Å². The van der Waals surface area contributed by atoms with Gasteiger partial charge in [-0.05, 0) is 24.6 Å². The number of carboxylic acids is 1. The average Bonchev–Trinajstić information content (AvgIpc) is 2.14. The van der Waals surface area contributed by atoms with Gasteiger partial charge < -0.3 is 10.4 Å². The van der Waals surface area contributed by atoms with Crippen molar-refractivity contribution in [3.8, 4) is 0 Å². The summed E-state index contributed by atoms with van der Waals surface area (Å²) in [5.74, 6) is -1.23. The van der Waals surface area contributed by atoms with Gasteiger partial charge in [-0.3, -0.25) is 4.79 Å². The van der Waals surface area contributed by atoms with Gasteiger partial charge in [-0.15, -0.1) is 0 Å². The molecule has 1 aromatic carbocycles. The van der Waals surface area contributed by atoms with Gasteiger partial charge in [-0.25, -0.2) is 4.39 Å². The van der Waals surface area contributed by atoms with Crippen LogP contribution in [0.1, 0.15) is 12.5 Å². The van der Waals surface area contributed by atoms with Crippen LogP contribution in [0, 0.1) is 5.82 Å². The van der Waals surface area contributed by atoms with E-state index in [1.54, 1.807) is 19.1 Å². The standard InChI is InChI=1S/C10H12FNO2/c1-7(10(13)14)12-6-8-3-2-4-9(11)5-8/h2-5,7,12H,6H2,1H3,(H,13,14)/t7-/m1/s1. The van der Waals surface area contributed by atoms with E-state index < -0.39 is 12.0 Å². The summed E-state index contributed by atoms with van der Waals surface area (Å²) in [7, 11) is 0. The summed E-state index contributed by atoms with van der Waals surface area (Å²) in [5, 5.41) is 11.3. The summed E-state index contributed by atoms with van der Waals surface area (Å²) in [6, 6.07) is 5.44. The predicted octanol–water partition coefficient (Wildman–Crippen LogP) is 1.39. The van der Waals surface area contributed by atoms with Crippen LogP contribution in [-0.4, -0.2) is 17.1 Å². The van der Waals surface area contributed by atoms with Gasteiger partial charge in [0.05, 0.1) is 0 Å². The van der Waals surface area contributed by atoms with Gasteiger partial charge in [0.2, 0.25) is 0 Å². The van der Waals surface area contributed by atoms with E-state index in [4.69, 9.17) is 5.11 Å². The van der Waals surface area contributed by atoms with Crippen LogP contribution in [0.2, 0.25) is 0 Å². The highest BCUT2D eigenvalue weighted by atomic mass is 19.1. The minimum absolute atomic E-state index is 0.313. The molecule has 0 fully saturated rings. The molecule has 0 aromatic heterocycles. The Kier molecular flexibility index (Phi) is 3.59. The van der Waals surface area contributed by atoms with Crippen LogP contribution >= 0.6 is 0 Å². The third-order valence-electron chi connectivity index (χ3n) is 1.87. The van der Waals surface area contributed by atoms with E-state index in [0.29, 0.717) is 6.54 Å². The zero-order valence-corrected chi connectivity index (χ0v) is 7.83. The van der Waals surface area contributed by atoms with Crippen molar-refractivity contribution in [3.05, 3.63) is 35.6 Å². The second-order valence-electron chi connectivity index (χ2n) is 3.07. The maximum atomic E-state index is 12.7. The van der Waals surface area contributed by atoms with Crippen LogP contribution in [0.25, 0.3) is 0 Å². The fourth-order valence-corrected chi connectivity index (χ4v) is 1.01. The second kappa shape index (κ2) is 4.72. The van der Waals surface area contributed by atoms with Crippen molar-refractivity contribution in [3.63, 3.8) is 0 Å². The molecule has 0 unspecified atom stereocenters. The van der Waals surface area contributed by atoms with Crippen molar-refractivity contribution in [1.29, 1.82) is 0 Å². The number of carbonyl (C=O) groups is 1. The van der Waals surface area contributed by atoms with E-state index in [2.05, 4.69) is 5.32 Å². The first-order valence-electron chi connectivity index (χ1n) is 4.30. The van der Waals surface area contributed by atoms with Crippen molar-refractivity contribution >= 4 is 5.97 Å². The van der Waals surface area contributed by atoms with E-state index >= 15 is 0 Å². The van der Waals surface area contributed by atoms with Crippen LogP contribution in [0.5, 0.6) is 0 Å². The largest absolute Gasteiger partial charge is 0.480 e. The van der Waals surface area contributed by atoms with Crippen LogP contribution in [0.3, 0.4) is 0 Å². The highest BCUT2D eigenvalue weighted by molar-refractivity contribution is 5.72. The summed E-state index contributed by atoms with van der Waals surface area (Å²) in [6.45, 7) is 1.90. The molecule has 0 bridgehead atoms. The van der Waals surface area contributed by atoms with Crippen molar-refractivity contribution in [2.24, 2.45) is 0 Å². The highest BCUT2D eigenvalue weighted by Gasteiger charge is 2.08. The number of halogens is 1. The lowest BCUT2D eigenvalue weighted by Crippen LogP contribution is -2.33. The van der Waals surface area contributed by atoms with E-state index in [9.17, 15) is 9.18 Å². The number of rotatable bonds is 4. The van der Waals surface area contributed by atoms with E-state index in [1.165, 1.54) is 12.1 Å². The van der Waals surface area contributed by atoms with Crippen molar-refractivity contribution in [2.75, 3.05) is 0 Å². The number of hydrogen-bond donors (Lipinski definition) is 2. The smallest absolute Gasteiger partial charge is 0.320 e. The molecule has 0 heterocycles. The Labute approximate surface area is 81.6 Å². The van der Waals surface area contributed by atoms with Crippen LogP contribution < -0.4 is 5.32 Å². The molecular weight excluding hydrogens is 185 g/mol. The summed E-state index contributed by atoms with van der Waals surface area (Å²) < 4.78 is 12.7. The lowest BCUT2D eigenvalue weighted by Gasteiger charge is -2.08.